The molecule has 3 rings (SSSR count). The molecule has 0 saturated heterocycles. The van der Waals surface area contributed by atoms with Crippen LogP contribution in [0, 0.1) is 0 Å². The van der Waals surface area contributed by atoms with Gasteiger partial charge in [-0.05, 0) is 49.2 Å². The predicted molar refractivity (Wildman–Crippen MR) is 133 cm³/mol. The van der Waals surface area contributed by atoms with Crippen LogP contribution in [0.15, 0.2) is 84.9 Å². The first-order valence-electron chi connectivity index (χ1n) is 10.8. The summed E-state index contributed by atoms with van der Waals surface area (Å²) in [5.74, 6) is -0.431. The molecule has 0 aliphatic rings. The van der Waals surface area contributed by atoms with Gasteiger partial charge in [-0.2, -0.15) is 0 Å². The molecule has 0 spiro atoms. The molecular formula is C26H30N4O3. The second-order valence-electron chi connectivity index (χ2n) is 7.34. The molecule has 0 aromatic heterocycles. The summed E-state index contributed by atoms with van der Waals surface area (Å²) >= 11 is 0. The number of unbranched alkanes of at least 4 members (excludes halogenated alkanes) is 2. The predicted octanol–water partition coefficient (Wildman–Crippen LogP) is 4.58. The largest absolute Gasteiger partial charge is 0.397 e. The van der Waals surface area contributed by atoms with Crippen molar-refractivity contribution in [3.63, 3.8) is 0 Å². The average molecular weight is 447 g/mol. The number of primary amides is 1. The van der Waals surface area contributed by atoms with Crippen LogP contribution >= 0.6 is 0 Å². The van der Waals surface area contributed by atoms with Gasteiger partial charge in [0.2, 0.25) is 17.7 Å². The summed E-state index contributed by atoms with van der Waals surface area (Å²) in [6, 6.07) is 25.3. The number of nitrogens with one attached hydrogen (secondary N) is 2. The minimum absolute atomic E-state index is 0.00251. The summed E-state index contributed by atoms with van der Waals surface area (Å²) in [6.07, 6.45) is 3.23. The number of nitrogen functional groups attached to an aromatic ring is 1. The summed E-state index contributed by atoms with van der Waals surface area (Å²) in [4.78, 5) is 34.1. The molecule has 0 unspecified atom stereocenters. The van der Waals surface area contributed by atoms with E-state index >= 15 is 0 Å². The van der Waals surface area contributed by atoms with Crippen LogP contribution < -0.4 is 22.1 Å². The van der Waals surface area contributed by atoms with Crippen LogP contribution in [0.1, 0.15) is 42.5 Å². The maximum Gasteiger partial charge on any atom is 0.248 e. The van der Waals surface area contributed by atoms with Gasteiger partial charge in [0.15, 0.2) is 0 Å². The lowest BCUT2D eigenvalue weighted by molar-refractivity contribution is -0.116. The van der Waals surface area contributed by atoms with E-state index in [1.165, 1.54) is 0 Å². The Balaban J connectivity index is 0.000000357. The Morgan fingerprint density at radius 1 is 0.636 bits per heavy atom. The summed E-state index contributed by atoms with van der Waals surface area (Å²) in [6.45, 7) is 0. The number of para-hydroxylation sites is 3. The summed E-state index contributed by atoms with van der Waals surface area (Å²) in [7, 11) is 0. The zero-order chi connectivity index (χ0) is 23.9. The quantitative estimate of drug-likeness (QED) is 0.283. The Kier molecular flexibility index (Phi) is 10.7. The van der Waals surface area contributed by atoms with Crippen LogP contribution in [-0.4, -0.2) is 17.7 Å². The van der Waals surface area contributed by atoms with Crippen molar-refractivity contribution in [2.24, 2.45) is 5.73 Å². The first-order valence-corrected chi connectivity index (χ1v) is 10.8. The Labute approximate surface area is 194 Å². The number of nitrogens with two attached hydrogens (primary N) is 2. The molecule has 3 aromatic rings. The fraction of sp³-hybridized carbons (Fsp3) is 0.192. The van der Waals surface area contributed by atoms with Crippen molar-refractivity contribution >= 4 is 34.8 Å². The topological polar surface area (TPSA) is 127 Å². The lowest BCUT2D eigenvalue weighted by Crippen LogP contribution is -2.13. The van der Waals surface area contributed by atoms with Crippen LogP contribution in [0.5, 0.6) is 0 Å². The molecule has 0 aliphatic carbocycles. The van der Waals surface area contributed by atoms with Gasteiger partial charge in [-0.25, -0.2) is 0 Å². The van der Waals surface area contributed by atoms with Crippen molar-refractivity contribution in [3.8, 4) is 0 Å². The summed E-state index contributed by atoms with van der Waals surface area (Å²) < 4.78 is 0. The molecule has 33 heavy (non-hydrogen) atoms. The monoisotopic (exact) mass is 446 g/mol. The van der Waals surface area contributed by atoms with Crippen molar-refractivity contribution in [1.82, 2.24) is 0 Å². The minimum atomic E-state index is -0.379. The van der Waals surface area contributed by atoms with Gasteiger partial charge in [-0.15, -0.1) is 0 Å². The van der Waals surface area contributed by atoms with Gasteiger partial charge < -0.3 is 22.1 Å². The molecule has 0 radical (unpaired) electrons. The lowest BCUT2D eigenvalue weighted by atomic mass is 10.1. The molecule has 7 heteroatoms. The molecule has 0 aliphatic heterocycles. The fourth-order valence-electron chi connectivity index (χ4n) is 2.92. The molecule has 0 heterocycles. The number of hydrogen-bond donors (Lipinski definition) is 4. The molecule has 0 atom stereocenters. The first-order chi connectivity index (χ1) is 16.0. The summed E-state index contributed by atoms with van der Waals surface area (Å²) in [5.41, 5.74) is 13.3. The van der Waals surface area contributed by atoms with Crippen LogP contribution in [0.25, 0.3) is 0 Å². The average Bonchev–Trinajstić information content (AvgIpc) is 2.82. The normalized spacial score (nSPS) is 9.82. The van der Waals surface area contributed by atoms with Crippen LogP contribution in [0.2, 0.25) is 0 Å². The number of hydrogen-bond acceptors (Lipinski definition) is 4. The van der Waals surface area contributed by atoms with Crippen molar-refractivity contribution in [3.05, 3.63) is 90.5 Å². The zero-order valence-corrected chi connectivity index (χ0v) is 18.5. The van der Waals surface area contributed by atoms with Gasteiger partial charge in [0, 0.05) is 24.1 Å². The second-order valence-corrected chi connectivity index (χ2v) is 7.34. The van der Waals surface area contributed by atoms with E-state index in [2.05, 4.69) is 10.6 Å². The maximum atomic E-state index is 11.9. The zero-order valence-electron chi connectivity index (χ0n) is 18.5. The molecule has 0 saturated carbocycles. The highest BCUT2D eigenvalue weighted by Gasteiger charge is 2.06. The molecule has 0 bridgehead atoms. The van der Waals surface area contributed by atoms with Crippen LogP contribution in [0.3, 0.4) is 0 Å². The van der Waals surface area contributed by atoms with E-state index in [1.54, 1.807) is 36.4 Å². The lowest BCUT2D eigenvalue weighted by Gasteiger charge is -2.08. The molecule has 0 fully saturated rings. The minimum Gasteiger partial charge on any atom is -0.397 e. The van der Waals surface area contributed by atoms with Gasteiger partial charge in [-0.3, -0.25) is 14.4 Å². The van der Waals surface area contributed by atoms with Crippen molar-refractivity contribution in [2.75, 3.05) is 16.4 Å². The molecule has 6 N–H and O–H groups in total. The third-order valence-electron chi connectivity index (χ3n) is 4.66. The Morgan fingerprint density at radius 3 is 1.70 bits per heavy atom. The SMILES string of the molecule is NC(=O)c1ccccc1.Nc1ccccc1NC(=O)CCCCCC(=O)Nc1ccccc1. The van der Waals surface area contributed by atoms with Gasteiger partial charge in [-0.1, -0.05) is 55.0 Å². The van der Waals surface area contributed by atoms with Crippen molar-refractivity contribution in [1.29, 1.82) is 0 Å². The van der Waals surface area contributed by atoms with E-state index < -0.39 is 0 Å². The highest BCUT2D eigenvalue weighted by Crippen LogP contribution is 2.17. The molecule has 3 amide bonds. The second kappa shape index (κ2) is 14.0. The third kappa shape index (κ3) is 10.1. The standard InChI is InChI=1S/C19H23N3O2.C7H7NO/c20-16-11-7-8-12-17(16)22-19(24)14-6-2-5-13-18(23)21-15-9-3-1-4-10-15;8-7(9)6-4-2-1-3-5-6/h1,3-4,7-12H,2,5-6,13-14,20H2,(H,21,23)(H,22,24);1-5H,(H2,8,9). The van der Waals surface area contributed by atoms with E-state index in [0.29, 0.717) is 29.8 Å². The smallest absolute Gasteiger partial charge is 0.248 e. The van der Waals surface area contributed by atoms with Crippen LogP contribution in [-0.2, 0) is 9.59 Å². The fourth-order valence-corrected chi connectivity index (χ4v) is 2.92. The Hall–Kier alpha value is -4.13. The van der Waals surface area contributed by atoms with E-state index in [0.717, 1.165) is 24.9 Å². The van der Waals surface area contributed by atoms with E-state index in [9.17, 15) is 14.4 Å². The number of anilines is 3. The molecule has 3 aromatic carbocycles. The summed E-state index contributed by atoms with van der Waals surface area (Å²) in [5, 5.41) is 5.65. The molecule has 7 nitrogen and oxygen atoms in total. The Morgan fingerprint density at radius 2 is 1.15 bits per heavy atom. The number of rotatable bonds is 9. The highest BCUT2D eigenvalue weighted by molar-refractivity contribution is 5.94. The first kappa shape index (κ1) is 25.1. The number of amides is 3. The Bertz CT molecular complexity index is 1020. The van der Waals surface area contributed by atoms with E-state index in [1.807, 2.05) is 48.5 Å². The highest BCUT2D eigenvalue weighted by atomic mass is 16.2. The number of carbonyl (C=O) groups is 3. The number of benzene rings is 3. The van der Waals surface area contributed by atoms with Gasteiger partial charge >= 0.3 is 0 Å². The molecular weight excluding hydrogens is 416 g/mol. The number of carbonyl (C=O) groups excluding carboxylic acids is 3. The van der Waals surface area contributed by atoms with Gasteiger partial charge in [0.1, 0.15) is 0 Å². The van der Waals surface area contributed by atoms with Crippen molar-refractivity contribution in [2.45, 2.75) is 32.1 Å². The third-order valence-corrected chi connectivity index (χ3v) is 4.66. The van der Waals surface area contributed by atoms with E-state index in [-0.39, 0.29) is 17.7 Å². The van der Waals surface area contributed by atoms with E-state index in [4.69, 9.17) is 11.5 Å². The van der Waals surface area contributed by atoms with Gasteiger partial charge in [0.25, 0.3) is 0 Å². The maximum absolute atomic E-state index is 11.9. The van der Waals surface area contributed by atoms with Crippen molar-refractivity contribution < 1.29 is 14.4 Å². The van der Waals surface area contributed by atoms with Gasteiger partial charge in [0.05, 0.1) is 11.4 Å². The molecule has 172 valence electrons. The van der Waals surface area contributed by atoms with Crippen LogP contribution in [0.4, 0.5) is 17.1 Å².